The lowest BCUT2D eigenvalue weighted by Crippen LogP contribution is -2.38. The van der Waals surface area contributed by atoms with Gasteiger partial charge in [-0.25, -0.2) is 4.98 Å². The number of fused-ring (bicyclic) bond motifs is 4. The van der Waals surface area contributed by atoms with Gasteiger partial charge in [0.25, 0.3) is 0 Å². The van der Waals surface area contributed by atoms with Crippen LogP contribution in [0.4, 0.5) is 17.3 Å². The first-order valence-corrected chi connectivity index (χ1v) is 10.6. The molecule has 5 rings (SSSR count). The average molecular weight is 396 g/mol. The molecule has 0 spiro atoms. The lowest BCUT2D eigenvalue weighted by molar-refractivity contribution is -0.0181. The van der Waals surface area contributed by atoms with Gasteiger partial charge in [-0.2, -0.15) is 0 Å². The molecule has 1 N–H and O–H groups in total. The minimum absolute atomic E-state index is 0.283. The highest BCUT2D eigenvalue weighted by atomic mass is 16.6. The number of hydrogen-bond acceptors (Lipinski definition) is 6. The fraction of sp³-hybridized carbons (Fsp3) is 0.522. The van der Waals surface area contributed by atoms with Gasteiger partial charge in [0.2, 0.25) is 0 Å². The number of ether oxygens (including phenoxy) is 3. The molecule has 1 aromatic carbocycles. The van der Waals surface area contributed by atoms with Crippen LogP contribution in [0.25, 0.3) is 0 Å². The SMILES string of the molecule is CC(C)OC1CCC2C(C1)c1ccc(Nc3ccc4c(c3)OCCO4)nc1N2C. The zero-order chi connectivity index (χ0) is 20.0. The van der Waals surface area contributed by atoms with E-state index in [9.17, 15) is 0 Å². The summed E-state index contributed by atoms with van der Waals surface area (Å²) in [6, 6.07) is 10.8. The van der Waals surface area contributed by atoms with Crippen LogP contribution in [0.2, 0.25) is 0 Å². The predicted octanol–water partition coefficient (Wildman–Crippen LogP) is 4.48. The third-order valence-electron chi connectivity index (χ3n) is 6.18. The van der Waals surface area contributed by atoms with Crippen molar-refractivity contribution in [2.75, 3.05) is 30.5 Å². The molecule has 1 aliphatic carbocycles. The summed E-state index contributed by atoms with van der Waals surface area (Å²) in [5.41, 5.74) is 2.30. The summed E-state index contributed by atoms with van der Waals surface area (Å²) in [6.45, 7) is 5.43. The molecule has 1 aromatic heterocycles. The van der Waals surface area contributed by atoms with E-state index in [2.05, 4.69) is 43.2 Å². The number of pyridine rings is 1. The van der Waals surface area contributed by atoms with E-state index >= 15 is 0 Å². The Kier molecular flexibility index (Phi) is 4.74. The standard InChI is InChI=1S/C23H29N3O3/c1-14(2)29-16-5-7-19-18(13-16)17-6-9-22(25-23(17)26(19)3)24-15-4-8-20-21(12-15)28-11-10-27-20/h4,6,8-9,12,14,16,18-19H,5,7,10-11,13H2,1-3H3,(H,24,25). The van der Waals surface area contributed by atoms with Crippen LogP contribution < -0.4 is 19.7 Å². The highest BCUT2D eigenvalue weighted by Crippen LogP contribution is 2.47. The molecule has 3 atom stereocenters. The van der Waals surface area contributed by atoms with Crippen LogP contribution in [-0.4, -0.2) is 43.5 Å². The molecule has 0 radical (unpaired) electrons. The molecular weight excluding hydrogens is 366 g/mol. The molecule has 2 aromatic rings. The molecule has 0 amide bonds. The summed E-state index contributed by atoms with van der Waals surface area (Å²) >= 11 is 0. The molecule has 1 saturated carbocycles. The van der Waals surface area contributed by atoms with Crippen molar-refractivity contribution in [3.8, 4) is 11.5 Å². The molecule has 6 heteroatoms. The van der Waals surface area contributed by atoms with Gasteiger partial charge in [-0.15, -0.1) is 0 Å². The van der Waals surface area contributed by atoms with E-state index < -0.39 is 0 Å². The van der Waals surface area contributed by atoms with Crippen LogP contribution in [-0.2, 0) is 4.74 Å². The first-order chi connectivity index (χ1) is 14.1. The molecule has 154 valence electrons. The van der Waals surface area contributed by atoms with E-state index in [1.807, 2.05) is 18.2 Å². The number of rotatable bonds is 4. The zero-order valence-corrected chi connectivity index (χ0v) is 17.4. The molecule has 3 aliphatic rings. The Balaban J connectivity index is 1.36. The van der Waals surface area contributed by atoms with E-state index in [1.165, 1.54) is 5.56 Å². The number of nitrogens with one attached hydrogen (secondary N) is 1. The maximum atomic E-state index is 6.12. The van der Waals surface area contributed by atoms with Gasteiger partial charge in [0.1, 0.15) is 24.8 Å². The quantitative estimate of drug-likeness (QED) is 0.824. The number of benzene rings is 1. The van der Waals surface area contributed by atoms with Gasteiger partial charge in [0.15, 0.2) is 11.5 Å². The number of likely N-dealkylation sites (N-methyl/N-ethyl adjacent to an activating group) is 1. The summed E-state index contributed by atoms with van der Waals surface area (Å²) in [5.74, 6) is 4.02. The van der Waals surface area contributed by atoms with E-state index in [0.29, 0.717) is 31.3 Å². The summed E-state index contributed by atoms with van der Waals surface area (Å²) in [6.07, 6.45) is 3.99. The topological polar surface area (TPSA) is 55.9 Å². The minimum atomic E-state index is 0.283. The second-order valence-electron chi connectivity index (χ2n) is 8.50. The summed E-state index contributed by atoms with van der Waals surface area (Å²) < 4.78 is 17.4. The molecule has 0 bridgehead atoms. The van der Waals surface area contributed by atoms with Crippen LogP contribution in [0.5, 0.6) is 11.5 Å². The normalized spacial score (nSPS) is 25.0. The Morgan fingerprint density at radius 1 is 1.10 bits per heavy atom. The third kappa shape index (κ3) is 3.50. The van der Waals surface area contributed by atoms with Crippen molar-refractivity contribution < 1.29 is 14.2 Å². The molecule has 0 saturated heterocycles. The third-order valence-corrected chi connectivity index (χ3v) is 6.18. The van der Waals surface area contributed by atoms with Gasteiger partial charge < -0.3 is 24.4 Å². The van der Waals surface area contributed by atoms with Crippen LogP contribution in [0.1, 0.15) is 44.6 Å². The average Bonchev–Trinajstić information content (AvgIpc) is 2.99. The molecule has 6 nitrogen and oxygen atoms in total. The lowest BCUT2D eigenvalue weighted by Gasteiger charge is -2.35. The maximum Gasteiger partial charge on any atom is 0.163 e. The molecule has 29 heavy (non-hydrogen) atoms. The lowest BCUT2D eigenvalue weighted by atomic mass is 9.81. The van der Waals surface area contributed by atoms with E-state index in [-0.39, 0.29) is 6.10 Å². The summed E-state index contributed by atoms with van der Waals surface area (Å²) in [7, 11) is 2.17. The Labute approximate surface area is 172 Å². The Morgan fingerprint density at radius 2 is 1.93 bits per heavy atom. The fourth-order valence-corrected chi connectivity index (χ4v) is 4.95. The van der Waals surface area contributed by atoms with E-state index in [1.54, 1.807) is 0 Å². The molecule has 1 fully saturated rings. The van der Waals surface area contributed by atoms with Gasteiger partial charge in [0, 0.05) is 36.3 Å². The molecule has 3 unspecified atom stereocenters. The predicted molar refractivity (Wildman–Crippen MR) is 114 cm³/mol. The summed E-state index contributed by atoms with van der Waals surface area (Å²) in [5, 5.41) is 3.42. The molecule has 3 heterocycles. The van der Waals surface area contributed by atoms with Crippen molar-refractivity contribution in [1.29, 1.82) is 0 Å². The number of hydrogen-bond donors (Lipinski definition) is 1. The largest absolute Gasteiger partial charge is 0.486 e. The highest BCUT2D eigenvalue weighted by Gasteiger charge is 2.42. The Hall–Kier alpha value is -2.47. The van der Waals surface area contributed by atoms with E-state index in [0.717, 1.165) is 48.1 Å². The molecule has 2 aliphatic heterocycles. The Bertz CT molecular complexity index is 901. The monoisotopic (exact) mass is 395 g/mol. The second kappa shape index (κ2) is 7.41. The van der Waals surface area contributed by atoms with Crippen LogP contribution in [0.15, 0.2) is 30.3 Å². The van der Waals surface area contributed by atoms with Gasteiger partial charge in [-0.05, 0) is 51.3 Å². The second-order valence-corrected chi connectivity index (χ2v) is 8.50. The van der Waals surface area contributed by atoms with Crippen molar-refractivity contribution in [2.24, 2.45) is 0 Å². The van der Waals surface area contributed by atoms with Gasteiger partial charge in [-0.3, -0.25) is 0 Å². The van der Waals surface area contributed by atoms with Gasteiger partial charge in [-0.1, -0.05) is 6.07 Å². The zero-order valence-electron chi connectivity index (χ0n) is 17.4. The Morgan fingerprint density at radius 3 is 2.76 bits per heavy atom. The highest BCUT2D eigenvalue weighted by molar-refractivity contribution is 5.66. The fourth-order valence-electron chi connectivity index (χ4n) is 4.95. The van der Waals surface area contributed by atoms with Crippen molar-refractivity contribution >= 4 is 17.3 Å². The van der Waals surface area contributed by atoms with Crippen molar-refractivity contribution in [1.82, 2.24) is 4.98 Å². The first-order valence-electron chi connectivity index (χ1n) is 10.6. The number of aromatic nitrogens is 1. The smallest absolute Gasteiger partial charge is 0.163 e. The van der Waals surface area contributed by atoms with Gasteiger partial charge >= 0.3 is 0 Å². The maximum absolute atomic E-state index is 6.12. The van der Waals surface area contributed by atoms with Crippen molar-refractivity contribution in [3.63, 3.8) is 0 Å². The van der Waals surface area contributed by atoms with Crippen LogP contribution in [0, 0.1) is 0 Å². The van der Waals surface area contributed by atoms with Crippen molar-refractivity contribution in [2.45, 2.75) is 57.3 Å². The number of nitrogens with zero attached hydrogens (tertiary/aromatic N) is 2. The van der Waals surface area contributed by atoms with Crippen molar-refractivity contribution in [3.05, 3.63) is 35.9 Å². The van der Waals surface area contributed by atoms with Crippen LogP contribution >= 0.6 is 0 Å². The van der Waals surface area contributed by atoms with Gasteiger partial charge in [0.05, 0.1) is 12.2 Å². The molecular formula is C23H29N3O3. The minimum Gasteiger partial charge on any atom is -0.486 e. The van der Waals surface area contributed by atoms with E-state index in [4.69, 9.17) is 19.2 Å². The van der Waals surface area contributed by atoms with Crippen LogP contribution in [0.3, 0.4) is 0 Å². The summed E-state index contributed by atoms with van der Waals surface area (Å²) in [4.78, 5) is 7.32. The number of anilines is 3. The first kappa shape index (κ1) is 18.6.